The predicted molar refractivity (Wildman–Crippen MR) is 89.7 cm³/mol. The first-order chi connectivity index (χ1) is 11.3. The van der Waals surface area contributed by atoms with Crippen molar-refractivity contribution >= 4 is 11.6 Å². The molecule has 1 fully saturated rings. The van der Waals surface area contributed by atoms with Gasteiger partial charge in [-0.05, 0) is 44.9 Å². The number of hydrogen-bond acceptors (Lipinski definition) is 5. The van der Waals surface area contributed by atoms with Gasteiger partial charge in [0, 0.05) is 30.5 Å². The zero-order valence-electron chi connectivity index (χ0n) is 13.7. The Labute approximate surface area is 137 Å². The van der Waals surface area contributed by atoms with Gasteiger partial charge in [0.05, 0.1) is 0 Å². The van der Waals surface area contributed by atoms with Crippen LogP contribution in [-0.4, -0.2) is 23.2 Å². The van der Waals surface area contributed by atoms with Crippen LogP contribution in [0.15, 0.2) is 36.4 Å². The zero-order chi connectivity index (χ0) is 16.1. The summed E-state index contributed by atoms with van der Waals surface area (Å²) in [4.78, 5) is 9.26. The van der Waals surface area contributed by atoms with Gasteiger partial charge in [0.15, 0.2) is 0 Å². The highest BCUT2D eigenvalue weighted by molar-refractivity contribution is 5.53. The lowest BCUT2D eigenvalue weighted by molar-refractivity contribution is -0.142. The first kappa shape index (κ1) is 15.9. The maximum absolute atomic E-state index is 5.69. The fraction of sp³-hybridized carbons (Fsp3) is 0.444. The van der Waals surface area contributed by atoms with Gasteiger partial charge < -0.3 is 14.8 Å². The monoisotopic (exact) mass is 313 g/mol. The number of para-hydroxylation sites is 1. The topological polar surface area (TPSA) is 56.3 Å². The van der Waals surface area contributed by atoms with Gasteiger partial charge >= 0.3 is 0 Å². The van der Waals surface area contributed by atoms with Crippen LogP contribution in [0, 0.1) is 0 Å². The van der Waals surface area contributed by atoms with Crippen LogP contribution in [0.4, 0.5) is 11.6 Å². The number of rotatable bonds is 8. The molecule has 1 aromatic carbocycles. The number of nitrogens with one attached hydrogen (secondary N) is 1. The first-order valence-electron chi connectivity index (χ1n) is 8.24. The molecule has 0 atom stereocenters. The molecule has 0 aliphatic heterocycles. The van der Waals surface area contributed by atoms with Gasteiger partial charge in [-0.3, -0.25) is 0 Å². The lowest BCUT2D eigenvalue weighted by atomic mass is 10.2. The second-order valence-electron chi connectivity index (χ2n) is 5.55. The molecule has 0 bridgehead atoms. The SMILES string of the molecule is CCOC(OCC)c1cc(C2CC2)nc(Nc2ccccc2)n1. The van der Waals surface area contributed by atoms with Gasteiger partial charge in [0.25, 0.3) is 0 Å². The standard InChI is InChI=1S/C18H23N3O2/c1-3-22-17(23-4-2)16-12-15(13-10-11-13)20-18(21-16)19-14-8-6-5-7-9-14/h5-9,12-13,17H,3-4,10-11H2,1-2H3,(H,19,20,21). The Balaban J connectivity index is 1.89. The molecule has 0 unspecified atom stereocenters. The molecule has 1 heterocycles. The molecule has 1 saturated carbocycles. The summed E-state index contributed by atoms with van der Waals surface area (Å²) in [6.07, 6.45) is 1.94. The van der Waals surface area contributed by atoms with Crippen LogP contribution in [0.2, 0.25) is 0 Å². The van der Waals surface area contributed by atoms with Crippen LogP contribution in [0.3, 0.4) is 0 Å². The molecule has 23 heavy (non-hydrogen) atoms. The van der Waals surface area contributed by atoms with E-state index < -0.39 is 6.29 Å². The molecule has 0 saturated heterocycles. The van der Waals surface area contributed by atoms with Gasteiger partial charge in [0.1, 0.15) is 5.69 Å². The summed E-state index contributed by atoms with van der Waals surface area (Å²) in [5.41, 5.74) is 2.82. The van der Waals surface area contributed by atoms with Crippen LogP contribution in [0.1, 0.15) is 50.3 Å². The van der Waals surface area contributed by atoms with Crippen molar-refractivity contribution in [3.05, 3.63) is 47.8 Å². The normalized spacial score (nSPS) is 14.2. The summed E-state index contributed by atoms with van der Waals surface area (Å²) >= 11 is 0. The van der Waals surface area contributed by atoms with Crippen molar-refractivity contribution in [2.75, 3.05) is 18.5 Å². The average molecular weight is 313 g/mol. The summed E-state index contributed by atoms with van der Waals surface area (Å²) in [6, 6.07) is 12.0. The molecule has 0 amide bonds. The van der Waals surface area contributed by atoms with E-state index in [1.165, 1.54) is 12.8 Å². The molecule has 5 nitrogen and oxygen atoms in total. The third kappa shape index (κ3) is 4.27. The number of hydrogen-bond donors (Lipinski definition) is 1. The second kappa shape index (κ2) is 7.53. The Morgan fingerprint density at radius 1 is 1.09 bits per heavy atom. The molecule has 1 aromatic heterocycles. The molecule has 1 aliphatic rings. The molecular formula is C18H23N3O2. The third-order valence-electron chi connectivity index (χ3n) is 3.67. The number of aromatic nitrogens is 2. The molecular weight excluding hydrogens is 290 g/mol. The lowest BCUT2D eigenvalue weighted by Gasteiger charge is -2.18. The summed E-state index contributed by atoms with van der Waals surface area (Å²) in [5, 5.41) is 3.27. The van der Waals surface area contributed by atoms with Gasteiger partial charge in [0.2, 0.25) is 12.2 Å². The number of benzene rings is 1. The second-order valence-corrected chi connectivity index (χ2v) is 5.55. The molecule has 122 valence electrons. The van der Waals surface area contributed by atoms with E-state index in [9.17, 15) is 0 Å². The summed E-state index contributed by atoms with van der Waals surface area (Å²) < 4.78 is 11.4. The van der Waals surface area contributed by atoms with Crippen molar-refractivity contribution in [1.82, 2.24) is 9.97 Å². The maximum Gasteiger partial charge on any atom is 0.227 e. The van der Waals surface area contributed by atoms with Crippen LogP contribution >= 0.6 is 0 Å². The fourth-order valence-electron chi connectivity index (χ4n) is 2.42. The van der Waals surface area contributed by atoms with Crippen LogP contribution in [0.25, 0.3) is 0 Å². The Hall–Kier alpha value is -1.98. The number of ether oxygens (including phenoxy) is 2. The Morgan fingerprint density at radius 2 is 1.78 bits per heavy atom. The Morgan fingerprint density at radius 3 is 2.39 bits per heavy atom. The van der Waals surface area contributed by atoms with E-state index in [1.807, 2.05) is 50.2 Å². The Bertz CT molecular complexity index is 623. The van der Waals surface area contributed by atoms with Gasteiger partial charge in [-0.15, -0.1) is 0 Å². The maximum atomic E-state index is 5.69. The van der Waals surface area contributed by atoms with E-state index in [1.54, 1.807) is 0 Å². The summed E-state index contributed by atoms with van der Waals surface area (Å²) in [5.74, 6) is 1.14. The minimum atomic E-state index is -0.443. The summed E-state index contributed by atoms with van der Waals surface area (Å²) in [6.45, 7) is 5.07. The molecule has 1 N–H and O–H groups in total. The van der Waals surface area contributed by atoms with Crippen LogP contribution in [-0.2, 0) is 9.47 Å². The first-order valence-corrected chi connectivity index (χ1v) is 8.24. The van der Waals surface area contributed by atoms with Gasteiger partial charge in [-0.1, -0.05) is 18.2 Å². The largest absolute Gasteiger partial charge is 0.347 e. The van der Waals surface area contributed by atoms with E-state index in [4.69, 9.17) is 9.47 Å². The highest BCUT2D eigenvalue weighted by Crippen LogP contribution is 2.40. The van der Waals surface area contributed by atoms with Crippen molar-refractivity contribution in [3.8, 4) is 0 Å². The Kier molecular flexibility index (Phi) is 5.20. The van der Waals surface area contributed by atoms with Gasteiger partial charge in [-0.2, -0.15) is 0 Å². The highest BCUT2D eigenvalue weighted by atomic mass is 16.7. The average Bonchev–Trinajstić information content (AvgIpc) is 3.40. The number of anilines is 2. The minimum Gasteiger partial charge on any atom is -0.347 e. The van der Waals surface area contributed by atoms with E-state index in [0.29, 0.717) is 25.1 Å². The fourth-order valence-corrected chi connectivity index (χ4v) is 2.42. The third-order valence-corrected chi connectivity index (χ3v) is 3.67. The molecule has 5 heteroatoms. The minimum absolute atomic E-state index is 0.443. The van der Waals surface area contributed by atoms with E-state index in [2.05, 4.69) is 15.3 Å². The predicted octanol–water partition coefficient (Wildman–Crippen LogP) is 4.17. The van der Waals surface area contributed by atoms with Crippen molar-refractivity contribution in [2.45, 2.75) is 38.9 Å². The number of nitrogens with zero attached hydrogens (tertiary/aromatic N) is 2. The molecule has 2 aromatic rings. The van der Waals surface area contributed by atoms with E-state index in [-0.39, 0.29) is 0 Å². The molecule has 3 rings (SSSR count). The summed E-state index contributed by atoms with van der Waals surface area (Å²) in [7, 11) is 0. The molecule has 0 radical (unpaired) electrons. The van der Waals surface area contributed by atoms with Crippen molar-refractivity contribution in [1.29, 1.82) is 0 Å². The van der Waals surface area contributed by atoms with E-state index >= 15 is 0 Å². The van der Waals surface area contributed by atoms with E-state index in [0.717, 1.165) is 17.1 Å². The van der Waals surface area contributed by atoms with Crippen molar-refractivity contribution < 1.29 is 9.47 Å². The quantitative estimate of drug-likeness (QED) is 0.741. The molecule has 1 aliphatic carbocycles. The lowest BCUT2D eigenvalue weighted by Crippen LogP contribution is -2.13. The molecule has 0 spiro atoms. The van der Waals surface area contributed by atoms with Crippen molar-refractivity contribution in [2.24, 2.45) is 0 Å². The van der Waals surface area contributed by atoms with Crippen LogP contribution < -0.4 is 5.32 Å². The van der Waals surface area contributed by atoms with Gasteiger partial charge in [-0.25, -0.2) is 9.97 Å². The van der Waals surface area contributed by atoms with Crippen LogP contribution in [0.5, 0.6) is 0 Å². The zero-order valence-corrected chi connectivity index (χ0v) is 13.7. The highest BCUT2D eigenvalue weighted by Gasteiger charge is 2.27. The smallest absolute Gasteiger partial charge is 0.227 e. The van der Waals surface area contributed by atoms with Crippen molar-refractivity contribution in [3.63, 3.8) is 0 Å².